The standard InChI is InChI=1S/C27H28O2.C9H13NO.CH2O/c1-20-8-7-11-24(16-20)17-21(2)12-13-22(3)26-18-25(28)14-15-27(26)29-19-23-9-5-4-6-10-23;1-4-6-7-8(5-2)9(11)10-3;1-2/h4-16,18,28H,17,19H2,1-3H3;4-7H,1H2,2-3H3,(H,10,11);1H2/b21-12-,22-13+;7-6-,8-5+;. The lowest BCUT2D eigenvalue weighted by atomic mass is 10.0. The fourth-order valence-corrected chi connectivity index (χ4v) is 3.87. The van der Waals surface area contributed by atoms with Crippen molar-refractivity contribution in [3.63, 3.8) is 0 Å². The molecule has 3 rings (SSSR count). The number of benzene rings is 3. The summed E-state index contributed by atoms with van der Waals surface area (Å²) in [6.45, 7) is 14.1. The molecule has 3 aromatic rings. The summed E-state index contributed by atoms with van der Waals surface area (Å²) in [4.78, 5) is 19.0. The van der Waals surface area contributed by atoms with Crippen molar-refractivity contribution in [1.29, 1.82) is 0 Å². The fraction of sp³-hybridized carbons (Fsp3) is 0.189. The van der Waals surface area contributed by atoms with E-state index in [1.807, 2.05) is 57.0 Å². The molecular weight excluding hydrogens is 522 g/mol. The van der Waals surface area contributed by atoms with E-state index in [2.05, 4.69) is 62.2 Å². The Bertz CT molecular complexity index is 1400. The van der Waals surface area contributed by atoms with E-state index in [1.165, 1.54) is 16.7 Å². The molecule has 220 valence electrons. The maximum atomic E-state index is 11.0. The Balaban J connectivity index is 0.000000574. The van der Waals surface area contributed by atoms with E-state index in [-0.39, 0.29) is 11.7 Å². The average molecular weight is 566 g/mol. The van der Waals surface area contributed by atoms with Gasteiger partial charge in [0, 0.05) is 18.2 Å². The van der Waals surface area contributed by atoms with Gasteiger partial charge in [0.1, 0.15) is 24.9 Å². The van der Waals surface area contributed by atoms with Gasteiger partial charge in [0.05, 0.1) is 0 Å². The van der Waals surface area contributed by atoms with E-state index in [0.717, 1.165) is 28.9 Å². The third kappa shape index (κ3) is 13.0. The van der Waals surface area contributed by atoms with E-state index < -0.39 is 0 Å². The van der Waals surface area contributed by atoms with E-state index in [1.54, 1.807) is 43.5 Å². The molecule has 0 saturated carbocycles. The van der Waals surface area contributed by atoms with Gasteiger partial charge in [-0.05, 0) is 75.1 Å². The van der Waals surface area contributed by atoms with Gasteiger partial charge >= 0.3 is 0 Å². The molecular formula is C37H43NO4. The fourth-order valence-electron chi connectivity index (χ4n) is 3.87. The smallest absolute Gasteiger partial charge is 0.250 e. The Morgan fingerprint density at radius 2 is 1.64 bits per heavy atom. The number of carbonyl (C=O) groups excluding carboxylic acids is 2. The molecule has 0 spiro atoms. The summed E-state index contributed by atoms with van der Waals surface area (Å²) in [6.07, 6.45) is 12.0. The van der Waals surface area contributed by atoms with Crippen LogP contribution in [0.4, 0.5) is 0 Å². The lowest BCUT2D eigenvalue weighted by Crippen LogP contribution is -2.18. The van der Waals surface area contributed by atoms with Crippen LogP contribution in [0.2, 0.25) is 0 Å². The molecule has 0 aliphatic heterocycles. The second-order valence-electron chi connectivity index (χ2n) is 9.40. The van der Waals surface area contributed by atoms with Crippen LogP contribution < -0.4 is 10.1 Å². The summed E-state index contributed by atoms with van der Waals surface area (Å²) >= 11 is 0. The Hall–Kier alpha value is -4.90. The van der Waals surface area contributed by atoms with Gasteiger partial charge in [-0.1, -0.05) is 103 Å². The number of allylic oxidation sites excluding steroid dienone is 7. The van der Waals surface area contributed by atoms with Crippen LogP contribution in [-0.2, 0) is 22.6 Å². The second-order valence-corrected chi connectivity index (χ2v) is 9.40. The topological polar surface area (TPSA) is 75.6 Å². The third-order valence-corrected chi connectivity index (χ3v) is 6.02. The monoisotopic (exact) mass is 565 g/mol. The van der Waals surface area contributed by atoms with Gasteiger partial charge < -0.3 is 20.0 Å². The van der Waals surface area contributed by atoms with Crippen LogP contribution in [0.5, 0.6) is 11.5 Å². The first kappa shape index (κ1) is 35.1. The van der Waals surface area contributed by atoms with E-state index in [0.29, 0.717) is 12.2 Å². The zero-order chi connectivity index (χ0) is 31.3. The maximum Gasteiger partial charge on any atom is 0.250 e. The number of aromatic hydroxyl groups is 1. The minimum Gasteiger partial charge on any atom is -0.508 e. The highest BCUT2D eigenvalue weighted by atomic mass is 16.5. The summed E-state index contributed by atoms with van der Waals surface area (Å²) in [5.41, 5.74) is 7.58. The van der Waals surface area contributed by atoms with Crippen LogP contribution in [0, 0.1) is 6.92 Å². The molecule has 0 aromatic heterocycles. The molecule has 0 aliphatic carbocycles. The zero-order valence-corrected chi connectivity index (χ0v) is 25.4. The summed E-state index contributed by atoms with van der Waals surface area (Å²) in [5, 5.41) is 12.5. The summed E-state index contributed by atoms with van der Waals surface area (Å²) in [7, 11) is 1.60. The van der Waals surface area contributed by atoms with Crippen molar-refractivity contribution < 1.29 is 19.4 Å². The molecule has 3 aromatic carbocycles. The largest absolute Gasteiger partial charge is 0.508 e. The number of hydrogen-bond donors (Lipinski definition) is 2. The van der Waals surface area contributed by atoms with Crippen LogP contribution in [0.15, 0.2) is 127 Å². The highest BCUT2D eigenvalue weighted by Crippen LogP contribution is 2.30. The van der Waals surface area contributed by atoms with Gasteiger partial charge in [-0.25, -0.2) is 0 Å². The number of likely N-dealkylation sites (N-methyl/N-ethyl adjacent to an activating group) is 1. The van der Waals surface area contributed by atoms with Crippen molar-refractivity contribution in [2.24, 2.45) is 0 Å². The molecule has 0 aliphatic rings. The summed E-state index contributed by atoms with van der Waals surface area (Å²) in [5.74, 6) is 0.927. The van der Waals surface area contributed by atoms with Crippen LogP contribution in [0.25, 0.3) is 5.57 Å². The number of ether oxygens (including phenoxy) is 1. The van der Waals surface area contributed by atoms with Gasteiger partial charge in [0.2, 0.25) is 0 Å². The van der Waals surface area contributed by atoms with E-state index >= 15 is 0 Å². The first-order valence-electron chi connectivity index (χ1n) is 13.6. The first-order chi connectivity index (χ1) is 20.3. The van der Waals surface area contributed by atoms with Crippen molar-refractivity contribution in [2.75, 3.05) is 7.05 Å². The molecule has 0 bridgehead atoms. The molecule has 0 heterocycles. The highest BCUT2D eigenvalue weighted by molar-refractivity contribution is 5.95. The quantitative estimate of drug-likeness (QED) is 0.192. The molecule has 5 heteroatoms. The first-order valence-corrected chi connectivity index (χ1v) is 13.6. The number of hydrogen-bond acceptors (Lipinski definition) is 4. The number of rotatable bonds is 10. The third-order valence-electron chi connectivity index (χ3n) is 6.02. The van der Waals surface area contributed by atoms with E-state index in [4.69, 9.17) is 9.53 Å². The molecule has 0 fully saturated rings. The Labute approximate surface area is 251 Å². The predicted molar refractivity (Wildman–Crippen MR) is 175 cm³/mol. The van der Waals surface area contributed by atoms with Gasteiger partial charge in [-0.2, -0.15) is 0 Å². The number of phenols is 1. The van der Waals surface area contributed by atoms with Crippen molar-refractivity contribution in [1.82, 2.24) is 5.32 Å². The summed E-state index contributed by atoms with van der Waals surface area (Å²) < 4.78 is 6.04. The SMILES string of the molecule is C/C(=C/C=C(\C)c1cc(O)ccc1OCc1ccccc1)Cc1cccc(C)c1.C=C/C=C\C(=C/C)C(=O)NC.C=O. The van der Waals surface area contributed by atoms with Crippen molar-refractivity contribution >= 4 is 18.3 Å². The zero-order valence-electron chi connectivity index (χ0n) is 25.4. The Morgan fingerprint density at radius 1 is 0.952 bits per heavy atom. The van der Waals surface area contributed by atoms with Gasteiger partial charge in [-0.3, -0.25) is 4.79 Å². The molecule has 0 atom stereocenters. The van der Waals surface area contributed by atoms with Crippen LogP contribution in [0.1, 0.15) is 43.0 Å². The van der Waals surface area contributed by atoms with Crippen molar-refractivity contribution in [3.05, 3.63) is 149 Å². The van der Waals surface area contributed by atoms with Crippen LogP contribution in [-0.4, -0.2) is 24.9 Å². The lowest BCUT2D eigenvalue weighted by Gasteiger charge is -2.12. The molecule has 1 amide bonds. The number of aryl methyl sites for hydroxylation is 1. The van der Waals surface area contributed by atoms with Crippen molar-refractivity contribution in [2.45, 2.75) is 40.7 Å². The lowest BCUT2D eigenvalue weighted by molar-refractivity contribution is -0.116. The Kier molecular flexibility index (Phi) is 16.8. The van der Waals surface area contributed by atoms with Gasteiger partial charge in [0.15, 0.2) is 0 Å². The minimum absolute atomic E-state index is 0.0781. The number of carbonyl (C=O) groups is 2. The molecule has 42 heavy (non-hydrogen) atoms. The number of amides is 1. The minimum atomic E-state index is -0.0781. The molecule has 5 nitrogen and oxygen atoms in total. The normalized spacial score (nSPS) is 11.5. The average Bonchev–Trinajstić information content (AvgIpc) is 3.01. The molecule has 0 unspecified atom stereocenters. The molecule has 2 N–H and O–H groups in total. The van der Waals surface area contributed by atoms with E-state index in [9.17, 15) is 9.90 Å². The predicted octanol–water partition coefficient (Wildman–Crippen LogP) is 8.11. The summed E-state index contributed by atoms with van der Waals surface area (Å²) in [6, 6.07) is 23.9. The van der Waals surface area contributed by atoms with Crippen LogP contribution in [0.3, 0.4) is 0 Å². The molecule has 0 saturated heterocycles. The maximum absolute atomic E-state index is 11.0. The van der Waals surface area contributed by atoms with Gasteiger partial charge in [-0.15, -0.1) is 0 Å². The highest BCUT2D eigenvalue weighted by Gasteiger charge is 2.08. The molecule has 0 radical (unpaired) electrons. The Morgan fingerprint density at radius 3 is 2.26 bits per heavy atom. The number of nitrogens with one attached hydrogen (secondary N) is 1. The van der Waals surface area contributed by atoms with Crippen LogP contribution >= 0.6 is 0 Å². The number of phenolic OH excluding ortho intramolecular Hbond substituents is 1. The van der Waals surface area contributed by atoms with Gasteiger partial charge in [0.25, 0.3) is 5.91 Å². The second kappa shape index (κ2) is 20.0. The van der Waals surface area contributed by atoms with Crippen molar-refractivity contribution in [3.8, 4) is 11.5 Å².